The van der Waals surface area contributed by atoms with Gasteiger partial charge in [-0.25, -0.2) is 13.8 Å². The number of hydrogen-bond donors (Lipinski definition) is 3. The second kappa shape index (κ2) is 46.6. The number of nitrogens with one attached hydrogen (secondary N) is 3. The zero-order chi connectivity index (χ0) is 47.8. The van der Waals surface area contributed by atoms with Crippen LogP contribution in [0.4, 0.5) is 4.79 Å². The van der Waals surface area contributed by atoms with Crippen molar-refractivity contribution in [3.05, 3.63) is 24.3 Å². The van der Waals surface area contributed by atoms with Gasteiger partial charge in [0.2, 0.25) is 5.91 Å². The number of urea groups is 1. The van der Waals surface area contributed by atoms with Gasteiger partial charge in [-0.3, -0.25) is 14.4 Å². The van der Waals surface area contributed by atoms with Crippen LogP contribution in [0.3, 0.4) is 0 Å². The summed E-state index contributed by atoms with van der Waals surface area (Å²) in [7, 11) is -4.83. The number of unbranched alkanes of at least 4 members (excludes halogenated alkanes) is 23. The number of allylic oxidation sites excluding steroid dienone is 4. The number of thioether (sulfide) groups is 1. The van der Waals surface area contributed by atoms with Crippen LogP contribution in [0, 0.1) is 0 Å². The Morgan fingerprint density at radius 1 is 0.647 bits per heavy atom. The summed E-state index contributed by atoms with van der Waals surface area (Å²) in [5.41, 5.74) is 0. The van der Waals surface area contributed by atoms with Crippen LogP contribution < -0.4 is 84.9 Å². The molecule has 0 saturated carbocycles. The van der Waals surface area contributed by atoms with Gasteiger partial charge in [0.05, 0.1) is 12.1 Å². The van der Waals surface area contributed by atoms with Crippen LogP contribution >= 0.6 is 19.9 Å². The third kappa shape index (κ3) is 38.4. The molecule has 0 aromatic rings. The second-order valence-corrected chi connectivity index (χ2v) is 20.9. The van der Waals surface area contributed by atoms with E-state index in [2.05, 4.69) is 54.1 Å². The number of phosphoric acid groups is 1. The Bertz CT molecular complexity index is 1340. The molecule has 2 rings (SSSR count). The first-order valence-electron chi connectivity index (χ1n) is 26.3. The van der Waals surface area contributed by atoms with Crippen LogP contribution in [0.25, 0.3) is 0 Å². The molecule has 13 nitrogen and oxygen atoms in total. The fourth-order valence-electron chi connectivity index (χ4n) is 8.22. The van der Waals surface area contributed by atoms with Crippen LogP contribution in [-0.4, -0.2) is 79.4 Å². The monoisotopic (exact) mass is 1010 g/mol. The fraction of sp³-hybridized carbons (Fsp3) is 0.843. The SMILES string of the molecule is CCCCCCCC/C=C\CCCCCCCC(=O)OC[C@H](CO[P+]([O-])([O-])OCCNC(=O)CCCC[C@@H]1SC[C@@H]2NC(=O)N[C@@H]21)OC(=O)CCCCCCC/C=C\CCCCCCCC.[Na+].[Na+]. The first-order valence-corrected chi connectivity index (χ1v) is 28.8. The van der Waals surface area contributed by atoms with E-state index >= 15 is 0 Å². The van der Waals surface area contributed by atoms with Gasteiger partial charge in [0.1, 0.15) is 19.8 Å². The normalized spacial score (nSPS) is 17.1. The summed E-state index contributed by atoms with van der Waals surface area (Å²) in [4.78, 5) is 74.6. The molecule has 0 unspecified atom stereocenters. The standard InChI is InChI=1S/C51H92N3O10PS.2Na/c1-3-5-7-9-11-13-15-17-19-21-23-25-27-29-31-37-48(56)61-41-44(64-49(57)38-32-30-28-26-24-22-20-18-16-14-12-10-8-6-4-2)42-63-65(59,60)62-40-39-52-47(55)36-34-33-35-46-50-45(43-66-46)53-51(58)54-50;;/h17-20,44-46,50H,3-16,21-43H2,1-2H3,(H,52,55)(H,59,60)(H2,53,54,58);;/q;2*+1/p-1/b19-17-,20-18-;;/t44-,45+,46+,50+;;/m1../s1. The van der Waals surface area contributed by atoms with Crippen molar-refractivity contribution in [2.75, 3.05) is 32.1 Å². The van der Waals surface area contributed by atoms with Crippen molar-refractivity contribution in [2.24, 2.45) is 0 Å². The Morgan fingerprint density at radius 3 is 1.68 bits per heavy atom. The van der Waals surface area contributed by atoms with E-state index in [0.29, 0.717) is 30.9 Å². The van der Waals surface area contributed by atoms with Crippen LogP contribution in [0.1, 0.15) is 219 Å². The zero-order valence-corrected chi connectivity index (χ0v) is 48.9. The van der Waals surface area contributed by atoms with Gasteiger partial charge in [-0.15, -0.1) is 0 Å². The van der Waals surface area contributed by atoms with E-state index < -0.39 is 32.8 Å². The summed E-state index contributed by atoms with van der Waals surface area (Å²) in [6, 6.07) is 0.177. The molecule has 0 spiro atoms. The Kier molecular flexibility index (Phi) is 46.4. The van der Waals surface area contributed by atoms with E-state index in [-0.39, 0.29) is 116 Å². The van der Waals surface area contributed by atoms with Crippen molar-refractivity contribution >= 4 is 43.8 Å². The molecule has 2 aliphatic heterocycles. The topological polar surface area (TPSA) is 187 Å². The van der Waals surface area contributed by atoms with Gasteiger partial charge in [0.25, 0.3) is 0 Å². The van der Waals surface area contributed by atoms with E-state index in [4.69, 9.17) is 18.5 Å². The molecular formula is C51H91N3Na2O10PS+. The molecule has 68 heavy (non-hydrogen) atoms. The van der Waals surface area contributed by atoms with Gasteiger partial charge >= 0.3 is 77.1 Å². The van der Waals surface area contributed by atoms with Crippen molar-refractivity contribution in [3.8, 4) is 0 Å². The maximum atomic E-state index is 12.8. The second-order valence-electron chi connectivity index (χ2n) is 18.3. The number of ether oxygens (including phenoxy) is 2. The quantitative estimate of drug-likeness (QED) is 0.0190. The Labute approximate surface area is 461 Å². The fourth-order valence-corrected chi connectivity index (χ4v) is 10.5. The average Bonchev–Trinajstić information content (AvgIpc) is 3.86. The summed E-state index contributed by atoms with van der Waals surface area (Å²) in [6.07, 6.45) is 41.0. The Hall–Kier alpha value is -0.220. The number of phosphoric ester groups is 1. The van der Waals surface area contributed by atoms with Gasteiger partial charge in [0, 0.05) is 36.8 Å². The van der Waals surface area contributed by atoms with E-state index in [9.17, 15) is 29.0 Å². The summed E-state index contributed by atoms with van der Waals surface area (Å²) in [5.74, 6) is -0.270. The maximum Gasteiger partial charge on any atom is 1.00 e. The van der Waals surface area contributed by atoms with Gasteiger partial charge in [-0.1, -0.05) is 147 Å². The van der Waals surface area contributed by atoms with Crippen molar-refractivity contribution in [1.29, 1.82) is 0 Å². The predicted molar refractivity (Wildman–Crippen MR) is 266 cm³/mol. The first kappa shape index (κ1) is 67.8. The summed E-state index contributed by atoms with van der Waals surface area (Å²) >= 11 is 1.83. The van der Waals surface area contributed by atoms with Gasteiger partial charge < -0.3 is 35.2 Å². The molecular weight excluding hydrogens is 924 g/mol. The van der Waals surface area contributed by atoms with Crippen molar-refractivity contribution in [3.63, 3.8) is 0 Å². The van der Waals surface area contributed by atoms with Crippen molar-refractivity contribution in [1.82, 2.24) is 16.0 Å². The van der Waals surface area contributed by atoms with Crippen LogP contribution in [0.15, 0.2) is 24.3 Å². The first-order chi connectivity index (χ1) is 32.1. The van der Waals surface area contributed by atoms with Crippen LogP contribution in [-0.2, 0) is 32.9 Å². The maximum absolute atomic E-state index is 12.8. The van der Waals surface area contributed by atoms with Crippen LogP contribution in [0.2, 0.25) is 0 Å². The Balaban J connectivity index is 0.0000224. The molecule has 3 amide bonds. The largest absolute Gasteiger partial charge is 1.00 e. The minimum absolute atomic E-state index is 0. The number of carbonyl (C=O) groups is 4. The minimum atomic E-state index is -4.83. The predicted octanol–water partition coefficient (Wildman–Crippen LogP) is 4.80. The number of fused-ring (bicyclic) bond motifs is 1. The number of esters is 2. The van der Waals surface area contributed by atoms with Gasteiger partial charge in [0.15, 0.2) is 14.3 Å². The summed E-state index contributed by atoms with van der Waals surface area (Å²) in [6.45, 7) is 3.23. The molecule has 2 heterocycles. The number of carbonyl (C=O) groups excluding carboxylic acids is 4. The van der Waals surface area contributed by atoms with E-state index in [1.165, 1.54) is 77.0 Å². The molecule has 17 heteroatoms. The number of amides is 3. The molecule has 4 atom stereocenters. The molecule has 0 bridgehead atoms. The smallest absolute Gasteiger partial charge is 0.635 e. The molecule has 0 radical (unpaired) electrons. The number of rotatable bonds is 45. The van der Waals surface area contributed by atoms with Crippen molar-refractivity contribution in [2.45, 2.75) is 243 Å². The third-order valence-corrected chi connectivity index (χ3v) is 14.7. The van der Waals surface area contributed by atoms with Crippen LogP contribution in [0.5, 0.6) is 0 Å². The zero-order valence-electron chi connectivity index (χ0n) is 43.2. The average molecular weight is 1020 g/mol. The van der Waals surface area contributed by atoms with E-state index in [1.807, 2.05) is 11.8 Å². The molecule has 3 N–H and O–H groups in total. The molecule has 0 aromatic carbocycles. The molecule has 2 fully saturated rings. The van der Waals surface area contributed by atoms with E-state index in [1.54, 1.807) is 0 Å². The molecule has 382 valence electrons. The Morgan fingerprint density at radius 2 is 1.13 bits per heavy atom. The minimum Gasteiger partial charge on any atom is -0.635 e. The summed E-state index contributed by atoms with van der Waals surface area (Å²) < 4.78 is 21.0. The van der Waals surface area contributed by atoms with Gasteiger partial charge in [-0.05, 0) is 77.0 Å². The summed E-state index contributed by atoms with van der Waals surface area (Å²) in [5, 5.41) is 8.90. The van der Waals surface area contributed by atoms with Gasteiger partial charge in [-0.2, -0.15) is 11.8 Å². The van der Waals surface area contributed by atoms with E-state index in [0.717, 1.165) is 95.6 Å². The molecule has 2 saturated heterocycles. The third-order valence-electron chi connectivity index (χ3n) is 12.2. The molecule has 0 aromatic heterocycles. The van der Waals surface area contributed by atoms with Crippen molar-refractivity contribution < 1.29 is 107 Å². The number of hydrogen-bond acceptors (Lipinski definition) is 11. The molecule has 0 aliphatic carbocycles. The molecule has 2 aliphatic rings.